The van der Waals surface area contributed by atoms with Crippen LogP contribution in [0.5, 0.6) is 0 Å². The highest BCUT2D eigenvalue weighted by molar-refractivity contribution is 5.53. The smallest absolute Gasteiger partial charge is 0.226 e. The zero-order valence-electron chi connectivity index (χ0n) is 13.0. The number of rotatable bonds is 3. The van der Waals surface area contributed by atoms with E-state index in [1.807, 2.05) is 18.2 Å². The molecule has 0 N–H and O–H groups in total. The van der Waals surface area contributed by atoms with Gasteiger partial charge in [-0.15, -0.1) is 0 Å². The van der Waals surface area contributed by atoms with Crippen LogP contribution in [0.3, 0.4) is 0 Å². The summed E-state index contributed by atoms with van der Waals surface area (Å²) in [5.74, 6) is -0.585. The van der Waals surface area contributed by atoms with Gasteiger partial charge in [0.05, 0.1) is 5.69 Å². The van der Waals surface area contributed by atoms with Crippen LogP contribution in [-0.4, -0.2) is 16.4 Å². The SMILES string of the molecule is Fc1ccc(-c2nc3c(o2)CCN(Cc2ccccc2)C3)cc1F. The lowest BCUT2D eigenvalue weighted by Crippen LogP contribution is -2.29. The minimum atomic E-state index is -0.894. The van der Waals surface area contributed by atoms with E-state index in [4.69, 9.17) is 4.42 Å². The molecule has 0 atom stereocenters. The number of halogens is 2. The summed E-state index contributed by atoms with van der Waals surface area (Å²) in [5, 5.41) is 0. The maximum Gasteiger partial charge on any atom is 0.226 e. The van der Waals surface area contributed by atoms with Gasteiger partial charge >= 0.3 is 0 Å². The van der Waals surface area contributed by atoms with E-state index in [1.165, 1.54) is 11.6 Å². The van der Waals surface area contributed by atoms with Crippen molar-refractivity contribution in [2.45, 2.75) is 19.5 Å². The molecular weight excluding hydrogens is 310 g/mol. The van der Waals surface area contributed by atoms with Crippen LogP contribution in [0.25, 0.3) is 11.5 Å². The molecule has 0 bridgehead atoms. The molecule has 0 unspecified atom stereocenters. The third-order valence-electron chi connectivity index (χ3n) is 4.22. The molecule has 0 aliphatic carbocycles. The van der Waals surface area contributed by atoms with Gasteiger partial charge in [0.2, 0.25) is 5.89 Å². The number of hydrogen-bond donors (Lipinski definition) is 0. The summed E-state index contributed by atoms with van der Waals surface area (Å²) in [5.41, 5.74) is 2.58. The minimum Gasteiger partial charge on any atom is -0.441 e. The molecule has 0 radical (unpaired) electrons. The zero-order valence-corrected chi connectivity index (χ0v) is 13.0. The van der Waals surface area contributed by atoms with Crippen LogP contribution in [0.1, 0.15) is 17.0 Å². The second-order valence-corrected chi connectivity index (χ2v) is 5.96. The maximum absolute atomic E-state index is 13.4. The molecule has 1 aliphatic rings. The van der Waals surface area contributed by atoms with Crippen molar-refractivity contribution in [1.29, 1.82) is 0 Å². The first-order valence-electron chi connectivity index (χ1n) is 7.89. The molecule has 0 saturated heterocycles. The Labute approximate surface area is 138 Å². The molecule has 1 aromatic heterocycles. The van der Waals surface area contributed by atoms with E-state index in [-0.39, 0.29) is 0 Å². The van der Waals surface area contributed by atoms with Gasteiger partial charge in [0.1, 0.15) is 5.76 Å². The molecule has 3 aromatic rings. The normalized spacial score (nSPS) is 14.6. The molecule has 2 aromatic carbocycles. The summed E-state index contributed by atoms with van der Waals surface area (Å²) in [4.78, 5) is 6.79. The Balaban J connectivity index is 1.54. The summed E-state index contributed by atoms with van der Waals surface area (Å²) < 4.78 is 32.2. The Hall–Kier alpha value is -2.53. The predicted molar refractivity (Wildman–Crippen MR) is 86.1 cm³/mol. The van der Waals surface area contributed by atoms with E-state index in [1.54, 1.807) is 0 Å². The lowest BCUT2D eigenvalue weighted by Gasteiger charge is -2.24. The Morgan fingerprint density at radius 2 is 1.88 bits per heavy atom. The number of benzene rings is 2. The van der Waals surface area contributed by atoms with Crippen LogP contribution in [-0.2, 0) is 19.5 Å². The molecule has 24 heavy (non-hydrogen) atoms. The monoisotopic (exact) mass is 326 g/mol. The predicted octanol–water partition coefficient (Wildman–Crippen LogP) is 4.18. The van der Waals surface area contributed by atoms with Crippen molar-refractivity contribution in [3.05, 3.63) is 77.2 Å². The summed E-state index contributed by atoms with van der Waals surface area (Å²) in [6.45, 7) is 2.43. The number of nitrogens with zero attached hydrogens (tertiary/aromatic N) is 2. The topological polar surface area (TPSA) is 29.3 Å². The highest BCUT2D eigenvalue weighted by Crippen LogP contribution is 2.27. The fraction of sp³-hybridized carbons (Fsp3) is 0.211. The van der Waals surface area contributed by atoms with Gasteiger partial charge in [0, 0.05) is 31.6 Å². The highest BCUT2D eigenvalue weighted by atomic mass is 19.2. The first kappa shape index (κ1) is 15.0. The van der Waals surface area contributed by atoms with Crippen molar-refractivity contribution >= 4 is 0 Å². The maximum atomic E-state index is 13.4. The van der Waals surface area contributed by atoms with Gasteiger partial charge in [-0.25, -0.2) is 13.8 Å². The molecule has 2 heterocycles. The quantitative estimate of drug-likeness (QED) is 0.723. The van der Waals surface area contributed by atoms with Crippen LogP contribution in [0.2, 0.25) is 0 Å². The van der Waals surface area contributed by atoms with E-state index in [0.29, 0.717) is 18.0 Å². The molecule has 0 saturated carbocycles. The molecule has 122 valence electrons. The van der Waals surface area contributed by atoms with Crippen molar-refractivity contribution in [1.82, 2.24) is 9.88 Å². The number of fused-ring (bicyclic) bond motifs is 1. The molecule has 3 nitrogen and oxygen atoms in total. The largest absolute Gasteiger partial charge is 0.441 e. The molecule has 1 aliphatic heterocycles. The van der Waals surface area contributed by atoms with Gasteiger partial charge in [0.15, 0.2) is 11.6 Å². The highest BCUT2D eigenvalue weighted by Gasteiger charge is 2.23. The fourth-order valence-electron chi connectivity index (χ4n) is 2.98. The van der Waals surface area contributed by atoms with Crippen LogP contribution in [0, 0.1) is 11.6 Å². The van der Waals surface area contributed by atoms with Crippen molar-refractivity contribution in [2.24, 2.45) is 0 Å². The van der Waals surface area contributed by atoms with E-state index in [9.17, 15) is 8.78 Å². The van der Waals surface area contributed by atoms with Gasteiger partial charge < -0.3 is 4.42 Å². The lowest BCUT2D eigenvalue weighted by molar-refractivity contribution is 0.232. The number of hydrogen-bond acceptors (Lipinski definition) is 3. The number of aromatic nitrogens is 1. The van der Waals surface area contributed by atoms with E-state index < -0.39 is 11.6 Å². The van der Waals surface area contributed by atoms with Crippen molar-refractivity contribution < 1.29 is 13.2 Å². The average molecular weight is 326 g/mol. The lowest BCUT2D eigenvalue weighted by atomic mass is 10.1. The van der Waals surface area contributed by atoms with E-state index >= 15 is 0 Å². The summed E-state index contributed by atoms with van der Waals surface area (Å²) in [7, 11) is 0. The Bertz CT molecular complexity index is 861. The first-order chi connectivity index (χ1) is 11.7. The third-order valence-corrected chi connectivity index (χ3v) is 4.22. The van der Waals surface area contributed by atoms with Gasteiger partial charge in [-0.1, -0.05) is 30.3 Å². The van der Waals surface area contributed by atoms with Crippen LogP contribution >= 0.6 is 0 Å². The van der Waals surface area contributed by atoms with Gasteiger partial charge in [0.25, 0.3) is 0 Å². The zero-order chi connectivity index (χ0) is 16.5. The number of oxazole rings is 1. The van der Waals surface area contributed by atoms with Crippen LogP contribution in [0.15, 0.2) is 52.9 Å². The molecule has 0 spiro atoms. The molecule has 5 heteroatoms. The van der Waals surface area contributed by atoms with Gasteiger partial charge in [-0.3, -0.25) is 4.90 Å². The Morgan fingerprint density at radius 3 is 2.67 bits per heavy atom. The third kappa shape index (κ3) is 2.95. The molecular formula is C19H16F2N2O. The summed E-state index contributed by atoms with van der Waals surface area (Å²) >= 11 is 0. The van der Waals surface area contributed by atoms with Gasteiger partial charge in [-0.05, 0) is 23.8 Å². The van der Waals surface area contributed by atoms with E-state index in [0.717, 1.165) is 43.1 Å². The summed E-state index contributed by atoms with van der Waals surface area (Å²) in [6.07, 6.45) is 0.763. The van der Waals surface area contributed by atoms with Crippen molar-refractivity contribution in [3.63, 3.8) is 0 Å². The average Bonchev–Trinajstić information content (AvgIpc) is 3.01. The first-order valence-corrected chi connectivity index (χ1v) is 7.89. The Kier molecular flexibility index (Phi) is 3.86. The standard InChI is InChI=1S/C19H16F2N2O/c20-15-7-6-14(10-16(15)21)19-22-17-12-23(9-8-18(17)24-19)11-13-4-2-1-3-5-13/h1-7,10H,8-9,11-12H2. The van der Waals surface area contributed by atoms with E-state index in [2.05, 4.69) is 22.0 Å². The van der Waals surface area contributed by atoms with Crippen molar-refractivity contribution in [3.8, 4) is 11.5 Å². The molecule has 4 rings (SSSR count). The molecule has 0 amide bonds. The second kappa shape index (κ2) is 6.17. The fourth-order valence-corrected chi connectivity index (χ4v) is 2.98. The van der Waals surface area contributed by atoms with Crippen LogP contribution < -0.4 is 0 Å². The minimum absolute atomic E-state index is 0.348. The molecule has 0 fully saturated rings. The Morgan fingerprint density at radius 1 is 1.04 bits per heavy atom. The van der Waals surface area contributed by atoms with Gasteiger partial charge in [-0.2, -0.15) is 0 Å². The van der Waals surface area contributed by atoms with Crippen molar-refractivity contribution in [2.75, 3.05) is 6.54 Å². The summed E-state index contributed by atoms with van der Waals surface area (Å²) in [6, 6.07) is 14.0. The van der Waals surface area contributed by atoms with Crippen LogP contribution in [0.4, 0.5) is 8.78 Å². The second-order valence-electron chi connectivity index (χ2n) is 5.96.